The maximum atomic E-state index is 10.9. The van der Waals surface area contributed by atoms with Crippen LogP contribution in [-0.2, 0) is 4.79 Å². The molecule has 0 amide bonds. The molecule has 0 bridgehead atoms. The van der Waals surface area contributed by atoms with Crippen LogP contribution in [0.4, 0.5) is 0 Å². The zero-order chi connectivity index (χ0) is 23.5. The lowest BCUT2D eigenvalue weighted by Gasteiger charge is -2.26. The second-order valence-corrected chi connectivity index (χ2v) is 9.16. The van der Waals surface area contributed by atoms with Crippen molar-refractivity contribution in [2.75, 3.05) is 6.61 Å². The molecule has 4 nitrogen and oxygen atoms in total. The molecule has 0 heterocycles. The van der Waals surface area contributed by atoms with Gasteiger partial charge in [-0.2, -0.15) is 0 Å². The molecular formula is C29H38O4. The number of ether oxygens (including phenoxy) is 2. The van der Waals surface area contributed by atoms with E-state index in [1.165, 1.54) is 58.3 Å². The fourth-order valence-corrected chi connectivity index (χ4v) is 4.47. The zero-order valence-electron chi connectivity index (χ0n) is 20.0. The quantitative estimate of drug-likeness (QED) is 0.268. The summed E-state index contributed by atoms with van der Waals surface area (Å²) >= 11 is 0. The van der Waals surface area contributed by atoms with Gasteiger partial charge in [-0.15, -0.1) is 0 Å². The Morgan fingerprint density at radius 1 is 0.970 bits per heavy atom. The van der Waals surface area contributed by atoms with Gasteiger partial charge in [0.05, 0.1) is 0 Å². The number of allylic oxidation sites excluding steroid dienone is 1. The Labute approximate surface area is 198 Å². The summed E-state index contributed by atoms with van der Waals surface area (Å²) in [6.07, 6.45) is 14.6. The normalized spacial score (nSPS) is 19.3. The smallest absolute Gasteiger partial charge is 0.344 e. The largest absolute Gasteiger partial charge is 0.490 e. The van der Waals surface area contributed by atoms with Crippen LogP contribution in [-0.4, -0.2) is 23.8 Å². The molecule has 1 aliphatic rings. The molecule has 0 aromatic heterocycles. The van der Waals surface area contributed by atoms with Crippen molar-refractivity contribution >= 4 is 5.97 Å². The minimum atomic E-state index is -0.977. The molecule has 1 atom stereocenters. The first-order valence-electron chi connectivity index (χ1n) is 12.4. The Morgan fingerprint density at radius 2 is 1.58 bits per heavy atom. The van der Waals surface area contributed by atoms with Gasteiger partial charge in [0.2, 0.25) is 0 Å². The number of rotatable bonds is 12. The van der Waals surface area contributed by atoms with Crippen molar-refractivity contribution in [1.29, 1.82) is 0 Å². The lowest BCUT2D eigenvalue weighted by molar-refractivity contribution is -0.144. The van der Waals surface area contributed by atoms with Crippen LogP contribution in [0.15, 0.2) is 60.7 Å². The second-order valence-electron chi connectivity index (χ2n) is 9.16. The number of carbonyl (C=O) groups is 1. The lowest BCUT2D eigenvalue weighted by atomic mass is 9.79. The summed E-state index contributed by atoms with van der Waals surface area (Å²) in [6, 6.07) is 15.5. The Hall–Kier alpha value is -2.75. The summed E-state index contributed by atoms with van der Waals surface area (Å²) in [5.74, 6) is 2.09. The minimum absolute atomic E-state index is 0.547. The van der Waals surface area contributed by atoms with Gasteiger partial charge in [-0.1, -0.05) is 69.0 Å². The van der Waals surface area contributed by atoms with Gasteiger partial charge in [0, 0.05) is 0 Å². The highest BCUT2D eigenvalue weighted by molar-refractivity contribution is 5.72. The van der Waals surface area contributed by atoms with Gasteiger partial charge in [-0.25, -0.2) is 4.79 Å². The molecule has 1 fully saturated rings. The number of unbranched alkanes of at least 4 members (excludes halogenated alkanes) is 2. The SMILES string of the molecule is CCCCCC1CCC(C=CCOc2ccc(-c3ccc(O[C@H](C)C(=O)O)cc3)cc2)CC1. The van der Waals surface area contributed by atoms with Crippen LogP contribution in [0.3, 0.4) is 0 Å². The average Bonchev–Trinajstić information content (AvgIpc) is 2.84. The first kappa shape index (κ1) is 24.9. The number of hydrogen-bond acceptors (Lipinski definition) is 3. The molecule has 0 aliphatic heterocycles. The van der Waals surface area contributed by atoms with Crippen LogP contribution >= 0.6 is 0 Å². The Bertz CT molecular complexity index is 861. The number of carboxylic acid groups (broad SMARTS) is 1. The summed E-state index contributed by atoms with van der Waals surface area (Å²) < 4.78 is 11.3. The van der Waals surface area contributed by atoms with E-state index in [0.29, 0.717) is 18.3 Å². The topological polar surface area (TPSA) is 55.8 Å². The molecule has 33 heavy (non-hydrogen) atoms. The fraction of sp³-hybridized carbons (Fsp3) is 0.483. The van der Waals surface area contributed by atoms with E-state index < -0.39 is 12.1 Å². The van der Waals surface area contributed by atoms with Crippen molar-refractivity contribution < 1.29 is 19.4 Å². The molecular weight excluding hydrogens is 412 g/mol. The average molecular weight is 451 g/mol. The molecule has 0 radical (unpaired) electrons. The lowest BCUT2D eigenvalue weighted by Crippen LogP contribution is -2.22. The van der Waals surface area contributed by atoms with E-state index in [2.05, 4.69) is 19.1 Å². The van der Waals surface area contributed by atoms with Crippen molar-refractivity contribution in [3.63, 3.8) is 0 Å². The third-order valence-corrected chi connectivity index (χ3v) is 6.56. The van der Waals surface area contributed by atoms with Gasteiger partial charge in [0.25, 0.3) is 0 Å². The van der Waals surface area contributed by atoms with Crippen molar-refractivity contribution in [2.45, 2.75) is 71.3 Å². The number of aliphatic carboxylic acids is 1. The highest BCUT2D eigenvalue weighted by Gasteiger charge is 2.18. The first-order valence-corrected chi connectivity index (χ1v) is 12.4. The van der Waals surface area contributed by atoms with Gasteiger partial charge in [0.1, 0.15) is 18.1 Å². The molecule has 2 aromatic rings. The summed E-state index contributed by atoms with van der Waals surface area (Å²) in [5.41, 5.74) is 2.12. The van der Waals surface area contributed by atoms with E-state index in [-0.39, 0.29) is 0 Å². The van der Waals surface area contributed by atoms with Crippen LogP contribution < -0.4 is 9.47 Å². The van der Waals surface area contributed by atoms with E-state index in [0.717, 1.165) is 22.8 Å². The van der Waals surface area contributed by atoms with E-state index in [4.69, 9.17) is 14.6 Å². The zero-order valence-corrected chi connectivity index (χ0v) is 20.0. The van der Waals surface area contributed by atoms with Crippen LogP contribution in [0.1, 0.15) is 65.2 Å². The van der Waals surface area contributed by atoms with Crippen molar-refractivity contribution in [3.8, 4) is 22.6 Å². The summed E-state index contributed by atoms with van der Waals surface area (Å²) in [4.78, 5) is 10.9. The maximum Gasteiger partial charge on any atom is 0.344 e. The summed E-state index contributed by atoms with van der Waals surface area (Å²) in [5, 5.41) is 8.95. The molecule has 178 valence electrons. The number of carboxylic acids is 1. The maximum absolute atomic E-state index is 10.9. The fourth-order valence-electron chi connectivity index (χ4n) is 4.47. The number of benzene rings is 2. The first-order chi connectivity index (χ1) is 16.0. The van der Waals surface area contributed by atoms with Gasteiger partial charge >= 0.3 is 5.97 Å². The van der Waals surface area contributed by atoms with E-state index in [1.54, 1.807) is 12.1 Å². The van der Waals surface area contributed by atoms with Crippen LogP contribution in [0.5, 0.6) is 11.5 Å². The highest BCUT2D eigenvalue weighted by atomic mass is 16.5. The third-order valence-electron chi connectivity index (χ3n) is 6.56. The Kier molecular flexibility index (Phi) is 9.86. The molecule has 0 saturated heterocycles. The number of hydrogen-bond donors (Lipinski definition) is 1. The third kappa shape index (κ3) is 8.27. The molecule has 4 heteroatoms. The monoisotopic (exact) mass is 450 g/mol. The van der Waals surface area contributed by atoms with Gasteiger partial charge in [-0.05, 0) is 79.8 Å². The minimum Gasteiger partial charge on any atom is -0.490 e. The van der Waals surface area contributed by atoms with E-state index >= 15 is 0 Å². The Balaban J connectivity index is 1.40. The van der Waals surface area contributed by atoms with Gasteiger partial charge in [-0.3, -0.25) is 0 Å². The van der Waals surface area contributed by atoms with E-state index in [1.807, 2.05) is 36.4 Å². The molecule has 1 aliphatic carbocycles. The molecule has 3 rings (SSSR count). The molecule has 1 N–H and O–H groups in total. The molecule has 0 spiro atoms. The summed E-state index contributed by atoms with van der Waals surface area (Å²) in [7, 11) is 0. The Morgan fingerprint density at radius 3 is 2.15 bits per heavy atom. The van der Waals surface area contributed by atoms with Crippen molar-refractivity contribution in [1.82, 2.24) is 0 Å². The van der Waals surface area contributed by atoms with Gasteiger partial charge < -0.3 is 14.6 Å². The van der Waals surface area contributed by atoms with Crippen molar-refractivity contribution in [2.24, 2.45) is 11.8 Å². The van der Waals surface area contributed by atoms with Crippen LogP contribution in [0.25, 0.3) is 11.1 Å². The predicted octanol–water partition coefficient (Wildman–Crippen LogP) is 7.53. The molecule has 1 saturated carbocycles. The molecule has 2 aromatic carbocycles. The van der Waals surface area contributed by atoms with Crippen LogP contribution in [0.2, 0.25) is 0 Å². The van der Waals surface area contributed by atoms with Gasteiger partial charge in [0.15, 0.2) is 6.10 Å². The predicted molar refractivity (Wildman–Crippen MR) is 134 cm³/mol. The highest BCUT2D eigenvalue weighted by Crippen LogP contribution is 2.32. The van der Waals surface area contributed by atoms with E-state index in [9.17, 15) is 4.79 Å². The van der Waals surface area contributed by atoms with Crippen LogP contribution in [0, 0.1) is 11.8 Å². The second kappa shape index (κ2) is 13.1. The van der Waals surface area contributed by atoms with Crippen molar-refractivity contribution in [3.05, 3.63) is 60.7 Å². The standard InChI is InChI=1S/C29H38O4/c1-3-4-5-7-23-9-11-24(12-10-23)8-6-21-32-27-17-13-25(14-18-27)26-15-19-28(20-16-26)33-22(2)29(30)31/h6,8,13-20,22-24H,3-5,7,9-12,21H2,1-2H3,(H,30,31)/t22-,23?,24?/m1/s1. The molecule has 0 unspecified atom stereocenters. The summed E-state index contributed by atoms with van der Waals surface area (Å²) in [6.45, 7) is 4.40.